The van der Waals surface area contributed by atoms with E-state index in [-0.39, 0.29) is 17.6 Å². The molecule has 0 aliphatic carbocycles. The molecular formula is C16H27N3O2S. The van der Waals surface area contributed by atoms with Gasteiger partial charge in [-0.2, -0.15) is 0 Å². The number of aromatic nitrogens is 1. The predicted molar refractivity (Wildman–Crippen MR) is 89.1 cm³/mol. The minimum absolute atomic E-state index is 0.108. The first-order chi connectivity index (χ1) is 10.3. The Hall–Kier alpha value is -1.14. The molecule has 2 rings (SSSR count). The third-order valence-corrected chi connectivity index (χ3v) is 5.07. The molecule has 0 spiro atoms. The summed E-state index contributed by atoms with van der Waals surface area (Å²) in [5.41, 5.74) is 1.11. The molecule has 1 aliphatic rings. The zero-order valence-electron chi connectivity index (χ0n) is 14.2. The zero-order chi connectivity index (χ0) is 16.3. The number of aryl methyl sites for hydroxylation is 2. The van der Waals surface area contributed by atoms with Gasteiger partial charge in [0.1, 0.15) is 0 Å². The largest absolute Gasteiger partial charge is 0.377 e. The average Bonchev–Trinajstić information content (AvgIpc) is 3.00. The Kier molecular flexibility index (Phi) is 5.45. The molecule has 6 heteroatoms. The predicted octanol–water partition coefficient (Wildman–Crippen LogP) is 3.01. The zero-order valence-corrected chi connectivity index (χ0v) is 15.0. The number of carbonyl (C=O) groups excluding carboxylic acids is 1. The van der Waals surface area contributed by atoms with Gasteiger partial charge in [0.15, 0.2) is 0 Å². The minimum Gasteiger partial charge on any atom is -0.377 e. The number of rotatable bonds is 4. The highest BCUT2D eigenvalue weighted by Crippen LogP contribution is 2.34. The molecule has 1 aliphatic heterocycles. The first-order valence-electron chi connectivity index (χ1n) is 7.83. The summed E-state index contributed by atoms with van der Waals surface area (Å²) in [4.78, 5) is 17.4. The molecule has 0 bridgehead atoms. The van der Waals surface area contributed by atoms with Gasteiger partial charge in [0.05, 0.1) is 23.4 Å². The summed E-state index contributed by atoms with van der Waals surface area (Å²) in [6.45, 7) is 12.5. The van der Waals surface area contributed by atoms with Crippen LogP contribution in [-0.4, -0.2) is 30.3 Å². The van der Waals surface area contributed by atoms with E-state index in [4.69, 9.17) is 4.74 Å². The number of ether oxygens (including phenoxy) is 1. The molecule has 2 unspecified atom stereocenters. The Morgan fingerprint density at radius 1 is 1.36 bits per heavy atom. The summed E-state index contributed by atoms with van der Waals surface area (Å²) in [7, 11) is 0. The third-order valence-electron chi connectivity index (χ3n) is 4.00. The van der Waals surface area contributed by atoms with Crippen molar-refractivity contribution in [2.45, 2.75) is 53.7 Å². The van der Waals surface area contributed by atoms with Crippen molar-refractivity contribution in [2.75, 3.05) is 13.2 Å². The van der Waals surface area contributed by atoms with Gasteiger partial charge in [-0.1, -0.05) is 20.8 Å². The summed E-state index contributed by atoms with van der Waals surface area (Å²) in [5, 5.41) is 6.92. The fourth-order valence-electron chi connectivity index (χ4n) is 2.98. The second kappa shape index (κ2) is 6.96. The van der Waals surface area contributed by atoms with Crippen molar-refractivity contribution in [2.24, 2.45) is 11.3 Å². The van der Waals surface area contributed by atoms with Gasteiger partial charge < -0.3 is 15.4 Å². The first kappa shape index (κ1) is 17.2. The molecule has 1 aromatic heterocycles. The lowest BCUT2D eigenvalue weighted by Gasteiger charge is -2.31. The fourth-order valence-corrected chi connectivity index (χ4v) is 3.86. The molecule has 1 saturated heterocycles. The van der Waals surface area contributed by atoms with E-state index < -0.39 is 0 Å². The van der Waals surface area contributed by atoms with E-state index >= 15 is 0 Å². The molecule has 1 fully saturated rings. The van der Waals surface area contributed by atoms with Crippen molar-refractivity contribution in [1.29, 1.82) is 0 Å². The van der Waals surface area contributed by atoms with E-state index in [1.807, 2.05) is 13.8 Å². The van der Waals surface area contributed by atoms with Crippen LogP contribution >= 0.6 is 11.3 Å². The summed E-state index contributed by atoms with van der Waals surface area (Å²) >= 11 is 1.63. The highest BCUT2D eigenvalue weighted by Gasteiger charge is 2.37. The Labute approximate surface area is 136 Å². The molecular weight excluding hydrogens is 298 g/mol. The SMILES string of the molecule is Cc1nc(C)c(CNC(=O)NCC2CCOC2C(C)(C)C)s1. The van der Waals surface area contributed by atoms with E-state index in [1.54, 1.807) is 11.3 Å². The van der Waals surface area contributed by atoms with E-state index in [0.29, 0.717) is 19.0 Å². The number of thiazole rings is 1. The molecule has 5 nitrogen and oxygen atoms in total. The van der Waals surface area contributed by atoms with Crippen LogP contribution in [0.4, 0.5) is 4.79 Å². The summed E-state index contributed by atoms with van der Waals surface area (Å²) in [5.74, 6) is 0.387. The fraction of sp³-hybridized carbons (Fsp3) is 0.750. The van der Waals surface area contributed by atoms with Gasteiger partial charge in [-0.25, -0.2) is 9.78 Å². The van der Waals surface area contributed by atoms with Crippen molar-refractivity contribution in [1.82, 2.24) is 15.6 Å². The van der Waals surface area contributed by atoms with Crippen molar-refractivity contribution in [3.05, 3.63) is 15.6 Å². The average molecular weight is 325 g/mol. The maximum atomic E-state index is 12.0. The number of urea groups is 1. The lowest BCUT2D eigenvalue weighted by atomic mass is 9.81. The molecule has 2 N–H and O–H groups in total. The summed E-state index contributed by atoms with van der Waals surface area (Å²) in [6, 6.07) is -0.120. The lowest BCUT2D eigenvalue weighted by Crippen LogP contribution is -2.42. The molecule has 0 saturated carbocycles. The van der Waals surface area contributed by atoms with E-state index in [2.05, 4.69) is 36.4 Å². The smallest absolute Gasteiger partial charge is 0.315 e. The number of amides is 2. The van der Waals surface area contributed by atoms with Gasteiger partial charge in [0.2, 0.25) is 0 Å². The third kappa shape index (κ3) is 4.43. The molecule has 22 heavy (non-hydrogen) atoms. The van der Waals surface area contributed by atoms with Crippen LogP contribution in [0.25, 0.3) is 0 Å². The summed E-state index contributed by atoms with van der Waals surface area (Å²) < 4.78 is 5.83. The van der Waals surface area contributed by atoms with Crippen LogP contribution in [0.3, 0.4) is 0 Å². The molecule has 2 heterocycles. The van der Waals surface area contributed by atoms with E-state index in [9.17, 15) is 4.79 Å². The van der Waals surface area contributed by atoms with E-state index in [0.717, 1.165) is 28.6 Å². The van der Waals surface area contributed by atoms with Crippen LogP contribution in [0.5, 0.6) is 0 Å². The van der Waals surface area contributed by atoms with Crippen LogP contribution < -0.4 is 10.6 Å². The quantitative estimate of drug-likeness (QED) is 0.894. The second-order valence-corrected chi connectivity index (χ2v) is 8.30. The van der Waals surface area contributed by atoms with Gasteiger partial charge in [-0.3, -0.25) is 0 Å². The molecule has 2 atom stereocenters. The Balaban J connectivity index is 1.77. The number of hydrogen-bond donors (Lipinski definition) is 2. The molecule has 124 valence electrons. The van der Waals surface area contributed by atoms with Crippen LogP contribution in [-0.2, 0) is 11.3 Å². The van der Waals surface area contributed by atoms with Crippen molar-refractivity contribution in [3.8, 4) is 0 Å². The molecule has 0 radical (unpaired) electrons. The molecule has 0 aromatic carbocycles. The molecule has 2 amide bonds. The van der Waals surface area contributed by atoms with Gasteiger partial charge in [0, 0.05) is 23.9 Å². The van der Waals surface area contributed by atoms with Crippen LogP contribution in [0.15, 0.2) is 0 Å². The normalized spacial score (nSPS) is 21.9. The number of nitrogens with zero attached hydrogens (tertiary/aromatic N) is 1. The summed E-state index contributed by atoms with van der Waals surface area (Å²) in [6.07, 6.45) is 1.22. The Morgan fingerprint density at radius 2 is 2.09 bits per heavy atom. The van der Waals surface area contributed by atoms with E-state index in [1.165, 1.54) is 0 Å². The standard InChI is InChI=1S/C16H27N3O2S/c1-10-13(22-11(2)19-10)9-18-15(20)17-8-12-6-7-21-14(12)16(3,4)5/h12,14H,6-9H2,1-5H3,(H2,17,18,20). The second-order valence-electron chi connectivity index (χ2n) is 7.01. The number of hydrogen-bond acceptors (Lipinski definition) is 4. The highest BCUT2D eigenvalue weighted by molar-refractivity contribution is 7.11. The first-order valence-corrected chi connectivity index (χ1v) is 8.65. The Morgan fingerprint density at radius 3 is 2.68 bits per heavy atom. The topological polar surface area (TPSA) is 63.2 Å². The maximum Gasteiger partial charge on any atom is 0.315 e. The van der Waals surface area contributed by atoms with Crippen LogP contribution in [0.2, 0.25) is 0 Å². The molecule has 1 aromatic rings. The van der Waals surface area contributed by atoms with Crippen LogP contribution in [0.1, 0.15) is 42.8 Å². The highest BCUT2D eigenvalue weighted by atomic mass is 32.1. The van der Waals surface area contributed by atoms with Gasteiger partial charge in [-0.05, 0) is 25.7 Å². The minimum atomic E-state index is -0.120. The number of carbonyl (C=O) groups is 1. The van der Waals surface area contributed by atoms with Crippen molar-refractivity contribution < 1.29 is 9.53 Å². The van der Waals surface area contributed by atoms with Crippen molar-refractivity contribution >= 4 is 17.4 Å². The van der Waals surface area contributed by atoms with Crippen molar-refractivity contribution in [3.63, 3.8) is 0 Å². The van der Waals surface area contributed by atoms with Gasteiger partial charge >= 0.3 is 6.03 Å². The van der Waals surface area contributed by atoms with Gasteiger partial charge in [-0.15, -0.1) is 11.3 Å². The maximum absolute atomic E-state index is 12.0. The van der Waals surface area contributed by atoms with Crippen LogP contribution in [0, 0.1) is 25.2 Å². The Bertz CT molecular complexity index is 522. The monoisotopic (exact) mass is 325 g/mol. The number of nitrogens with one attached hydrogen (secondary N) is 2. The lowest BCUT2D eigenvalue weighted by molar-refractivity contribution is 0.00775. The van der Waals surface area contributed by atoms with Gasteiger partial charge in [0.25, 0.3) is 0 Å².